The van der Waals surface area contributed by atoms with Gasteiger partial charge in [-0.2, -0.15) is 0 Å². The molecule has 18 heavy (non-hydrogen) atoms. The van der Waals surface area contributed by atoms with Crippen LogP contribution >= 0.6 is 0 Å². The van der Waals surface area contributed by atoms with E-state index in [1.165, 1.54) is 6.42 Å². The second-order valence-corrected chi connectivity index (χ2v) is 5.82. The number of hydrogen-bond donors (Lipinski definition) is 2. The number of aliphatic hydroxyl groups excluding tert-OH is 1. The Kier molecular flexibility index (Phi) is 4.07. The van der Waals surface area contributed by atoms with Crippen molar-refractivity contribution in [3.63, 3.8) is 0 Å². The van der Waals surface area contributed by atoms with Crippen molar-refractivity contribution in [1.82, 2.24) is 10.5 Å². The molecule has 2 atom stereocenters. The molecule has 1 aromatic heterocycles. The summed E-state index contributed by atoms with van der Waals surface area (Å²) < 4.78 is 5.14. The average molecular weight is 252 g/mol. The predicted octanol–water partition coefficient (Wildman–Crippen LogP) is 2.32. The van der Waals surface area contributed by atoms with Crippen LogP contribution in [0.4, 0.5) is 0 Å². The molecule has 1 fully saturated rings. The summed E-state index contributed by atoms with van der Waals surface area (Å²) in [4.78, 5) is 0. The normalized spacial score (nSPS) is 28.6. The van der Waals surface area contributed by atoms with Crippen LogP contribution in [0.5, 0.6) is 0 Å². The van der Waals surface area contributed by atoms with E-state index in [4.69, 9.17) is 4.52 Å². The highest BCUT2D eigenvalue weighted by molar-refractivity contribution is 5.20. The quantitative estimate of drug-likeness (QED) is 0.863. The highest BCUT2D eigenvalue weighted by atomic mass is 16.5. The van der Waals surface area contributed by atoms with Crippen LogP contribution in [-0.2, 0) is 6.54 Å². The topological polar surface area (TPSA) is 58.3 Å². The summed E-state index contributed by atoms with van der Waals surface area (Å²) in [6, 6.07) is 0. The van der Waals surface area contributed by atoms with Crippen molar-refractivity contribution < 1.29 is 9.63 Å². The molecule has 2 N–H and O–H groups in total. The Bertz CT molecular complexity index is 383. The second kappa shape index (κ2) is 5.41. The number of rotatable bonds is 4. The Labute approximate surface area is 109 Å². The van der Waals surface area contributed by atoms with Crippen LogP contribution in [0.3, 0.4) is 0 Å². The van der Waals surface area contributed by atoms with Gasteiger partial charge in [0.1, 0.15) is 5.76 Å². The summed E-state index contributed by atoms with van der Waals surface area (Å²) in [5.74, 6) is 0.884. The molecule has 1 aliphatic carbocycles. The number of aryl methyl sites for hydroxylation is 2. The zero-order valence-electron chi connectivity index (χ0n) is 11.6. The Morgan fingerprint density at radius 2 is 2.22 bits per heavy atom. The number of nitrogens with zero attached hydrogens (tertiary/aromatic N) is 1. The molecule has 0 spiro atoms. The van der Waals surface area contributed by atoms with Crippen molar-refractivity contribution in [3.8, 4) is 0 Å². The van der Waals surface area contributed by atoms with Gasteiger partial charge in [-0.1, -0.05) is 24.9 Å². The maximum Gasteiger partial charge on any atom is 0.138 e. The summed E-state index contributed by atoms with van der Waals surface area (Å²) in [7, 11) is 0. The van der Waals surface area contributed by atoms with Gasteiger partial charge in [-0.15, -0.1) is 0 Å². The Morgan fingerprint density at radius 3 is 2.83 bits per heavy atom. The minimum Gasteiger partial charge on any atom is -0.393 e. The van der Waals surface area contributed by atoms with Crippen molar-refractivity contribution >= 4 is 0 Å². The summed E-state index contributed by atoms with van der Waals surface area (Å²) in [6.45, 7) is 7.69. The SMILES string of the molecule is Cc1noc(C)c1CNCC1(C)CCCCC1O. The van der Waals surface area contributed by atoms with Crippen molar-refractivity contribution in [2.24, 2.45) is 5.41 Å². The number of aromatic nitrogens is 1. The van der Waals surface area contributed by atoms with Gasteiger partial charge in [0.15, 0.2) is 0 Å². The highest BCUT2D eigenvalue weighted by Crippen LogP contribution is 2.35. The Balaban J connectivity index is 1.88. The number of nitrogens with one attached hydrogen (secondary N) is 1. The molecule has 0 radical (unpaired) electrons. The molecular formula is C14H24N2O2. The first-order valence-electron chi connectivity index (χ1n) is 6.83. The van der Waals surface area contributed by atoms with E-state index >= 15 is 0 Å². The third kappa shape index (κ3) is 2.75. The fourth-order valence-electron chi connectivity index (χ4n) is 2.82. The molecule has 2 unspecified atom stereocenters. The lowest BCUT2D eigenvalue weighted by Crippen LogP contribution is -2.43. The summed E-state index contributed by atoms with van der Waals surface area (Å²) in [5.41, 5.74) is 2.11. The molecule has 0 aliphatic heterocycles. The van der Waals surface area contributed by atoms with Crippen LogP contribution in [-0.4, -0.2) is 22.9 Å². The zero-order valence-corrected chi connectivity index (χ0v) is 11.6. The van der Waals surface area contributed by atoms with Gasteiger partial charge in [-0.05, 0) is 26.7 Å². The molecule has 0 bridgehead atoms. The van der Waals surface area contributed by atoms with Gasteiger partial charge in [-0.3, -0.25) is 0 Å². The third-order valence-corrected chi connectivity index (χ3v) is 4.29. The summed E-state index contributed by atoms with van der Waals surface area (Å²) in [6.07, 6.45) is 4.23. The molecule has 1 heterocycles. The van der Waals surface area contributed by atoms with E-state index in [9.17, 15) is 5.11 Å². The van der Waals surface area contributed by atoms with E-state index < -0.39 is 0 Å². The zero-order chi connectivity index (χ0) is 13.2. The van der Waals surface area contributed by atoms with Gasteiger partial charge < -0.3 is 14.9 Å². The largest absolute Gasteiger partial charge is 0.393 e. The molecule has 4 heteroatoms. The lowest BCUT2D eigenvalue weighted by Gasteiger charge is -2.38. The van der Waals surface area contributed by atoms with Gasteiger partial charge >= 0.3 is 0 Å². The molecule has 102 valence electrons. The molecule has 2 rings (SSSR count). The Hall–Kier alpha value is -0.870. The first kappa shape index (κ1) is 13.6. The van der Waals surface area contributed by atoms with E-state index in [0.717, 1.165) is 49.4 Å². The van der Waals surface area contributed by atoms with Gasteiger partial charge in [0.25, 0.3) is 0 Å². The number of aliphatic hydroxyl groups is 1. The smallest absolute Gasteiger partial charge is 0.138 e. The minimum atomic E-state index is -0.177. The molecule has 0 amide bonds. The first-order valence-corrected chi connectivity index (χ1v) is 6.83. The molecule has 0 saturated heterocycles. The predicted molar refractivity (Wildman–Crippen MR) is 70.3 cm³/mol. The van der Waals surface area contributed by atoms with Crippen molar-refractivity contribution in [2.45, 2.75) is 59.1 Å². The molecular weight excluding hydrogens is 228 g/mol. The minimum absolute atomic E-state index is 0.0111. The van der Waals surface area contributed by atoms with Crippen molar-refractivity contribution in [3.05, 3.63) is 17.0 Å². The molecule has 4 nitrogen and oxygen atoms in total. The number of hydrogen-bond acceptors (Lipinski definition) is 4. The molecule has 1 aliphatic rings. The fraction of sp³-hybridized carbons (Fsp3) is 0.786. The van der Waals surface area contributed by atoms with E-state index in [1.54, 1.807) is 0 Å². The van der Waals surface area contributed by atoms with E-state index in [-0.39, 0.29) is 11.5 Å². The van der Waals surface area contributed by atoms with Crippen LogP contribution in [0.2, 0.25) is 0 Å². The van der Waals surface area contributed by atoms with Crippen molar-refractivity contribution in [2.75, 3.05) is 6.54 Å². The van der Waals surface area contributed by atoms with Gasteiger partial charge in [0.2, 0.25) is 0 Å². The average Bonchev–Trinajstić information content (AvgIpc) is 2.65. The maximum absolute atomic E-state index is 10.1. The van der Waals surface area contributed by atoms with E-state index in [0.29, 0.717) is 0 Å². The van der Waals surface area contributed by atoms with Crippen LogP contribution in [0, 0.1) is 19.3 Å². The Morgan fingerprint density at radius 1 is 1.44 bits per heavy atom. The van der Waals surface area contributed by atoms with Gasteiger partial charge in [0.05, 0.1) is 11.8 Å². The van der Waals surface area contributed by atoms with Gasteiger partial charge in [0, 0.05) is 24.1 Å². The monoisotopic (exact) mass is 252 g/mol. The van der Waals surface area contributed by atoms with Crippen LogP contribution < -0.4 is 5.32 Å². The highest BCUT2D eigenvalue weighted by Gasteiger charge is 2.34. The lowest BCUT2D eigenvalue weighted by atomic mass is 9.73. The van der Waals surface area contributed by atoms with Crippen LogP contribution in [0.25, 0.3) is 0 Å². The maximum atomic E-state index is 10.1. The standard InChI is InChI=1S/C14H24N2O2/c1-10-12(11(2)18-16-10)8-15-9-14(3)7-5-4-6-13(14)17/h13,15,17H,4-9H2,1-3H3. The molecule has 1 aromatic rings. The van der Waals surface area contributed by atoms with Gasteiger partial charge in [-0.25, -0.2) is 0 Å². The van der Waals surface area contributed by atoms with Crippen LogP contribution in [0.1, 0.15) is 49.6 Å². The molecule has 1 saturated carbocycles. The van der Waals surface area contributed by atoms with E-state index in [2.05, 4.69) is 17.4 Å². The van der Waals surface area contributed by atoms with Crippen LogP contribution in [0.15, 0.2) is 4.52 Å². The summed E-state index contributed by atoms with van der Waals surface area (Å²) >= 11 is 0. The van der Waals surface area contributed by atoms with Crippen molar-refractivity contribution in [1.29, 1.82) is 0 Å². The third-order valence-electron chi connectivity index (χ3n) is 4.29. The molecule has 0 aromatic carbocycles. The fourth-order valence-corrected chi connectivity index (χ4v) is 2.82. The van der Waals surface area contributed by atoms with E-state index in [1.807, 2.05) is 13.8 Å². The first-order chi connectivity index (χ1) is 8.53. The second-order valence-electron chi connectivity index (χ2n) is 5.82. The lowest BCUT2D eigenvalue weighted by molar-refractivity contribution is 0.00114. The summed E-state index contributed by atoms with van der Waals surface area (Å²) in [5, 5.41) is 17.5.